The Balaban J connectivity index is 1.70. The quantitative estimate of drug-likeness (QED) is 0.903. The Hall–Kier alpha value is -2.76. The summed E-state index contributed by atoms with van der Waals surface area (Å²) in [4.78, 5) is 12.2. The third kappa shape index (κ3) is 3.59. The second-order valence-electron chi connectivity index (χ2n) is 6.07. The van der Waals surface area contributed by atoms with Gasteiger partial charge in [-0.25, -0.2) is 9.18 Å². The molecule has 0 saturated carbocycles. The molecule has 126 valence electrons. The van der Waals surface area contributed by atoms with Gasteiger partial charge in [0.05, 0.1) is 5.54 Å². The van der Waals surface area contributed by atoms with Crippen LogP contribution < -0.4 is 20.1 Å². The molecule has 0 fully saturated rings. The molecular weight excluding hydrogens is 311 g/mol. The summed E-state index contributed by atoms with van der Waals surface area (Å²) < 4.78 is 24.0. The van der Waals surface area contributed by atoms with Gasteiger partial charge in [-0.15, -0.1) is 0 Å². The number of nitrogens with one attached hydrogen (secondary N) is 2. The Morgan fingerprint density at radius 3 is 2.42 bits per heavy atom. The SMILES string of the molecule is CC(C)(NC(=O)Nc1ccc(F)cc1)c1ccc2c(c1)OCCO2. The van der Waals surface area contributed by atoms with Crippen molar-refractivity contribution in [2.45, 2.75) is 19.4 Å². The van der Waals surface area contributed by atoms with Gasteiger partial charge in [-0.3, -0.25) is 0 Å². The number of hydrogen-bond donors (Lipinski definition) is 2. The average Bonchev–Trinajstić information content (AvgIpc) is 2.56. The maximum Gasteiger partial charge on any atom is 0.319 e. The van der Waals surface area contributed by atoms with Gasteiger partial charge in [0, 0.05) is 5.69 Å². The first-order valence-corrected chi connectivity index (χ1v) is 7.69. The molecule has 0 spiro atoms. The van der Waals surface area contributed by atoms with E-state index in [0.29, 0.717) is 30.4 Å². The molecular formula is C18H19FN2O3. The number of rotatable bonds is 3. The second-order valence-corrected chi connectivity index (χ2v) is 6.07. The molecule has 0 aromatic heterocycles. The number of fused-ring (bicyclic) bond motifs is 1. The van der Waals surface area contributed by atoms with E-state index in [2.05, 4.69) is 10.6 Å². The minimum Gasteiger partial charge on any atom is -0.486 e. The Bertz CT molecular complexity index is 744. The number of halogens is 1. The number of urea groups is 1. The van der Waals surface area contributed by atoms with E-state index >= 15 is 0 Å². The van der Waals surface area contributed by atoms with Crippen molar-refractivity contribution in [3.8, 4) is 11.5 Å². The lowest BCUT2D eigenvalue weighted by Crippen LogP contribution is -2.43. The Morgan fingerprint density at radius 2 is 1.71 bits per heavy atom. The smallest absolute Gasteiger partial charge is 0.319 e. The highest BCUT2D eigenvalue weighted by Gasteiger charge is 2.25. The van der Waals surface area contributed by atoms with Crippen LogP contribution in [0.4, 0.5) is 14.9 Å². The van der Waals surface area contributed by atoms with Gasteiger partial charge in [-0.2, -0.15) is 0 Å². The molecule has 0 bridgehead atoms. The van der Waals surface area contributed by atoms with E-state index < -0.39 is 5.54 Å². The molecule has 1 heterocycles. The molecule has 5 nitrogen and oxygen atoms in total. The predicted octanol–water partition coefficient (Wildman–Crippen LogP) is 3.65. The lowest BCUT2D eigenvalue weighted by Gasteiger charge is -2.28. The highest BCUT2D eigenvalue weighted by Crippen LogP contribution is 2.34. The number of carbonyl (C=O) groups excluding carboxylic acids is 1. The van der Waals surface area contributed by atoms with E-state index in [-0.39, 0.29) is 11.8 Å². The van der Waals surface area contributed by atoms with E-state index in [9.17, 15) is 9.18 Å². The largest absolute Gasteiger partial charge is 0.486 e. The van der Waals surface area contributed by atoms with Crippen LogP contribution in [0.1, 0.15) is 19.4 Å². The molecule has 0 radical (unpaired) electrons. The summed E-state index contributed by atoms with van der Waals surface area (Å²) in [5.74, 6) is 1.03. The van der Waals surface area contributed by atoms with Gasteiger partial charge in [0.1, 0.15) is 19.0 Å². The average molecular weight is 330 g/mol. The molecule has 2 aromatic rings. The molecule has 0 saturated heterocycles. The Labute approximate surface area is 139 Å². The van der Waals surface area contributed by atoms with Crippen molar-refractivity contribution in [2.24, 2.45) is 0 Å². The minimum atomic E-state index is -0.625. The van der Waals surface area contributed by atoms with Crippen LogP contribution in [-0.2, 0) is 5.54 Å². The van der Waals surface area contributed by atoms with Gasteiger partial charge < -0.3 is 20.1 Å². The van der Waals surface area contributed by atoms with E-state index in [1.807, 2.05) is 32.0 Å². The van der Waals surface area contributed by atoms with E-state index in [4.69, 9.17) is 9.47 Å². The number of benzene rings is 2. The maximum atomic E-state index is 12.9. The maximum absolute atomic E-state index is 12.9. The summed E-state index contributed by atoms with van der Waals surface area (Å²) >= 11 is 0. The van der Waals surface area contributed by atoms with Gasteiger partial charge in [-0.1, -0.05) is 6.07 Å². The minimum absolute atomic E-state index is 0.349. The van der Waals surface area contributed by atoms with Gasteiger partial charge in [0.25, 0.3) is 0 Å². The van der Waals surface area contributed by atoms with Crippen LogP contribution in [0.3, 0.4) is 0 Å². The van der Waals surface area contributed by atoms with Gasteiger partial charge in [-0.05, 0) is 55.8 Å². The van der Waals surface area contributed by atoms with Gasteiger partial charge in [0.15, 0.2) is 11.5 Å². The first-order chi connectivity index (χ1) is 11.4. The fourth-order valence-corrected chi connectivity index (χ4v) is 2.48. The summed E-state index contributed by atoms with van der Waals surface area (Å²) in [7, 11) is 0. The summed E-state index contributed by atoms with van der Waals surface area (Å²) in [6.07, 6.45) is 0. The van der Waals surface area contributed by atoms with Gasteiger partial charge >= 0.3 is 6.03 Å². The molecule has 0 aliphatic carbocycles. The van der Waals surface area contributed by atoms with Crippen molar-refractivity contribution in [2.75, 3.05) is 18.5 Å². The van der Waals surface area contributed by atoms with Crippen LogP contribution in [0, 0.1) is 5.82 Å². The molecule has 24 heavy (non-hydrogen) atoms. The fraction of sp³-hybridized carbons (Fsp3) is 0.278. The van der Waals surface area contributed by atoms with Crippen LogP contribution in [-0.4, -0.2) is 19.2 Å². The lowest BCUT2D eigenvalue weighted by molar-refractivity contribution is 0.171. The summed E-state index contributed by atoms with van der Waals surface area (Å²) in [5, 5.41) is 5.59. The third-order valence-corrected chi connectivity index (χ3v) is 3.79. The van der Waals surface area contributed by atoms with Crippen molar-refractivity contribution in [3.05, 3.63) is 53.8 Å². The lowest BCUT2D eigenvalue weighted by atomic mass is 9.94. The number of ether oxygens (including phenoxy) is 2. The molecule has 2 amide bonds. The highest BCUT2D eigenvalue weighted by molar-refractivity contribution is 5.89. The molecule has 0 atom stereocenters. The zero-order valence-corrected chi connectivity index (χ0v) is 13.6. The van der Waals surface area contributed by atoms with E-state index in [0.717, 1.165) is 5.56 Å². The van der Waals surface area contributed by atoms with Crippen LogP contribution in [0.5, 0.6) is 11.5 Å². The number of amides is 2. The zero-order valence-electron chi connectivity index (χ0n) is 13.6. The Kier molecular flexibility index (Phi) is 4.29. The van der Waals surface area contributed by atoms with Crippen molar-refractivity contribution in [1.29, 1.82) is 0 Å². The molecule has 2 N–H and O–H groups in total. The summed E-state index contributed by atoms with van der Waals surface area (Å²) in [6, 6.07) is 10.8. The van der Waals surface area contributed by atoms with Crippen molar-refractivity contribution < 1.29 is 18.7 Å². The van der Waals surface area contributed by atoms with Crippen molar-refractivity contribution in [1.82, 2.24) is 5.32 Å². The topological polar surface area (TPSA) is 59.6 Å². The normalized spacial score (nSPS) is 13.3. The molecule has 3 rings (SSSR count). The predicted molar refractivity (Wildman–Crippen MR) is 89.0 cm³/mol. The number of hydrogen-bond acceptors (Lipinski definition) is 3. The van der Waals surface area contributed by atoms with E-state index in [1.54, 1.807) is 0 Å². The molecule has 6 heteroatoms. The first-order valence-electron chi connectivity index (χ1n) is 7.69. The van der Waals surface area contributed by atoms with Crippen molar-refractivity contribution >= 4 is 11.7 Å². The molecule has 0 unspecified atom stereocenters. The monoisotopic (exact) mass is 330 g/mol. The van der Waals surface area contributed by atoms with Crippen molar-refractivity contribution in [3.63, 3.8) is 0 Å². The van der Waals surface area contributed by atoms with Crippen LogP contribution in [0.2, 0.25) is 0 Å². The van der Waals surface area contributed by atoms with Gasteiger partial charge in [0.2, 0.25) is 0 Å². The summed E-state index contributed by atoms with van der Waals surface area (Å²) in [6.45, 7) is 4.83. The van der Waals surface area contributed by atoms with Crippen LogP contribution in [0.15, 0.2) is 42.5 Å². The van der Waals surface area contributed by atoms with Crippen LogP contribution in [0.25, 0.3) is 0 Å². The summed E-state index contributed by atoms with van der Waals surface area (Å²) in [5.41, 5.74) is 0.785. The first kappa shape index (κ1) is 16.1. The number of carbonyl (C=O) groups is 1. The zero-order chi connectivity index (χ0) is 17.2. The highest BCUT2D eigenvalue weighted by atomic mass is 19.1. The molecule has 2 aromatic carbocycles. The standard InChI is InChI=1S/C18H19FN2O3/c1-18(2,12-3-8-15-16(11-12)24-10-9-23-15)21-17(22)20-14-6-4-13(19)5-7-14/h3-8,11H,9-10H2,1-2H3,(H2,20,21,22). The van der Waals surface area contributed by atoms with Crippen LogP contribution >= 0.6 is 0 Å². The van der Waals surface area contributed by atoms with E-state index in [1.165, 1.54) is 24.3 Å². The molecule has 1 aliphatic rings. The Morgan fingerprint density at radius 1 is 1.04 bits per heavy atom. The molecule has 1 aliphatic heterocycles. The third-order valence-electron chi connectivity index (χ3n) is 3.79. The second kappa shape index (κ2) is 6.39. The fourth-order valence-electron chi connectivity index (χ4n) is 2.48. The number of anilines is 1.